The summed E-state index contributed by atoms with van der Waals surface area (Å²) >= 11 is 15.8. The molecule has 0 saturated carbocycles. The summed E-state index contributed by atoms with van der Waals surface area (Å²) in [7, 11) is 0. The molecule has 0 aliphatic rings. The average Bonchev–Trinajstić information content (AvgIpc) is 3.17. The van der Waals surface area contributed by atoms with Crippen LogP contribution in [-0.2, 0) is 5.75 Å². The van der Waals surface area contributed by atoms with Crippen molar-refractivity contribution in [3.8, 4) is 0 Å². The van der Waals surface area contributed by atoms with E-state index in [4.69, 9.17) is 23.2 Å². The Labute approximate surface area is 159 Å². The van der Waals surface area contributed by atoms with Crippen molar-refractivity contribution in [1.29, 1.82) is 0 Å². The molecule has 11 heteroatoms. The van der Waals surface area contributed by atoms with E-state index in [0.717, 1.165) is 21.4 Å². The van der Waals surface area contributed by atoms with Crippen molar-refractivity contribution in [1.82, 2.24) is 19.8 Å². The molecule has 3 aromatic rings. The molecule has 0 spiro atoms. The summed E-state index contributed by atoms with van der Waals surface area (Å²) in [6.07, 6.45) is 0. The quantitative estimate of drug-likeness (QED) is 0.484. The molecule has 0 fully saturated rings. The van der Waals surface area contributed by atoms with Crippen LogP contribution in [0, 0.1) is 6.92 Å². The summed E-state index contributed by atoms with van der Waals surface area (Å²) < 4.78 is 4.49. The molecule has 0 saturated heterocycles. The van der Waals surface area contributed by atoms with E-state index in [0.29, 0.717) is 31.5 Å². The molecular formula is C13H9Cl2N5OS3. The number of anilines is 1. The number of halogens is 2. The molecule has 24 heavy (non-hydrogen) atoms. The Kier molecular flexibility index (Phi) is 5.67. The largest absolute Gasteiger partial charge is 0.296 e. The van der Waals surface area contributed by atoms with E-state index in [2.05, 4.69) is 25.1 Å². The van der Waals surface area contributed by atoms with Crippen molar-refractivity contribution < 1.29 is 4.79 Å². The van der Waals surface area contributed by atoms with Crippen LogP contribution in [0.15, 0.2) is 22.5 Å². The lowest BCUT2D eigenvalue weighted by atomic mass is 10.2. The number of nitrogens with zero attached hydrogens (tertiary/aromatic N) is 4. The maximum Gasteiger partial charge on any atom is 0.271 e. The van der Waals surface area contributed by atoms with Gasteiger partial charge in [0.25, 0.3) is 5.91 Å². The summed E-state index contributed by atoms with van der Waals surface area (Å²) in [6, 6.07) is 5.49. The van der Waals surface area contributed by atoms with Crippen LogP contribution < -0.4 is 5.32 Å². The molecule has 0 aliphatic carbocycles. The molecule has 0 bridgehead atoms. The number of benzene rings is 1. The van der Waals surface area contributed by atoms with Gasteiger partial charge in [0.15, 0.2) is 4.34 Å². The highest BCUT2D eigenvalue weighted by molar-refractivity contribution is 8.00. The lowest BCUT2D eigenvalue weighted by Gasteiger charge is -2.01. The van der Waals surface area contributed by atoms with Gasteiger partial charge >= 0.3 is 0 Å². The van der Waals surface area contributed by atoms with Crippen molar-refractivity contribution in [2.75, 3.05) is 5.32 Å². The fourth-order valence-corrected chi connectivity index (χ4v) is 4.25. The first kappa shape index (κ1) is 17.6. The molecule has 0 atom stereocenters. The Balaban J connectivity index is 1.60. The van der Waals surface area contributed by atoms with Gasteiger partial charge in [-0.05, 0) is 36.2 Å². The molecule has 6 nitrogen and oxygen atoms in total. The van der Waals surface area contributed by atoms with Crippen molar-refractivity contribution >= 4 is 68.9 Å². The fourth-order valence-electron chi connectivity index (χ4n) is 1.69. The van der Waals surface area contributed by atoms with Crippen LogP contribution in [0.3, 0.4) is 0 Å². The van der Waals surface area contributed by atoms with Gasteiger partial charge in [0.2, 0.25) is 5.13 Å². The van der Waals surface area contributed by atoms with E-state index in [1.807, 2.05) is 12.1 Å². The lowest BCUT2D eigenvalue weighted by Crippen LogP contribution is -2.11. The number of carbonyl (C=O) groups excluding carboxylic acids is 1. The highest BCUT2D eigenvalue weighted by atomic mass is 35.5. The Morgan fingerprint density at radius 2 is 2.08 bits per heavy atom. The first-order valence-electron chi connectivity index (χ1n) is 6.53. The topological polar surface area (TPSA) is 80.7 Å². The highest BCUT2D eigenvalue weighted by Gasteiger charge is 2.15. The fraction of sp³-hybridized carbons (Fsp3) is 0.154. The maximum atomic E-state index is 12.1. The van der Waals surface area contributed by atoms with Crippen LogP contribution in [0.4, 0.5) is 5.13 Å². The minimum Gasteiger partial charge on any atom is -0.296 e. The van der Waals surface area contributed by atoms with Crippen molar-refractivity contribution in [2.45, 2.75) is 17.0 Å². The number of hydrogen-bond donors (Lipinski definition) is 1. The second kappa shape index (κ2) is 7.75. The van der Waals surface area contributed by atoms with Gasteiger partial charge in [-0.25, -0.2) is 0 Å². The number of amides is 1. The summed E-state index contributed by atoms with van der Waals surface area (Å²) in [5.74, 6) is 0.400. The first-order chi connectivity index (χ1) is 11.5. The molecule has 3 rings (SSSR count). The normalized spacial score (nSPS) is 10.8. The van der Waals surface area contributed by atoms with E-state index >= 15 is 0 Å². The van der Waals surface area contributed by atoms with Crippen LogP contribution >= 0.6 is 57.8 Å². The van der Waals surface area contributed by atoms with E-state index < -0.39 is 0 Å². The second-order valence-corrected chi connectivity index (χ2v) is 8.32. The van der Waals surface area contributed by atoms with Gasteiger partial charge in [-0.2, -0.15) is 0 Å². The SMILES string of the molecule is Cc1nnsc1C(=O)Nc1nnc(SCc2ccc(Cl)c(Cl)c2)s1. The zero-order valence-electron chi connectivity index (χ0n) is 12.1. The van der Waals surface area contributed by atoms with Crippen molar-refractivity contribution in [3.05, 3.63) is 44.4 Å². The molecule has 1 aromatic carbocycles. The predicted octanol–water partition coefficient (Wildman–Crippen LogP) is 4.55. The van der Waals surface area contributed by atoms with Crippen molar-refractivity contribution in [2.24, 2.45) is 0 Å². The number of hydrogen-bond acceptors (Lipinski definition) is 8. The summed E-state index contributed by atoms with van der Waals surface area (Å²) in [5.41, 5.74) is 1.62. The van der Waals surface area contributed by atoms with Crippen LogP contribution in [-0.4, -0.2) is 25.7 Å². The van der Waals surface area contributed by atoms with E-state index in [1.165, 1.54) is 23.1 Å². The molecule has 0 unspecified atom stereocenters. The second-order valence-electron chi connectivity index (χ2n) is 4.55. The summed E-state index contributed by atoms with van der Waals surface area (Å²) in [4.78, 5) is 12.5. The molecular weight excluding hydrogens is 409 g/mol. The van der Waals surface area contributed by atoms with Gasteiger partial charge in [0.05, 0.1) is 15.7 Å². The van der Waals surface area contributed by atoms with Crippen LogP contribution in [0.25, 0.3) is 0 Å². The van der Waals surface area contributed by atoms with Gasteiger partial charge in [0.1, 0.15) is 4.88 Å². The van der Waals surface area contributed by atoms with Crippen LogP contribution in [0.1, 0.15) is 20.9 Å². The molecule has 1 amide bonds. The molecule has 0 radical (unpaired) electrons. The van der Waals surface area contributed by atoms with Gasteiger partial charge in [-0.1, -0.05) is 56.9 Å². The molecule has 1 N–H and O–H groups in total. The van der Waals surface area contributed by atoms with Gasteiger partial charge in [-0.15, -0.1) is 15.3 Å². The maximum absolute atomic E-state index is 12.1. The highest BCUT2D eigenvalue weighted by Crippen LogP contribution is 2.30. The Morgan fingerprint density at radius 1 is 1.25 bits per heavy atom. The third kappa shape index (κ3) is 4.22. The summed E-state index contributed by atoms with van der Waals surface area (Å²) in [6.45, 7) is 1.73. The number of thioether (sulfide) groups is 1. The number of aryl methyl sites for hydroxylation is 1. The zero-order valence-corrected chi connectivity index (χ0v) is 16.1. The van der Waals surface area contributed by atoms with Gasteiger partial charge in [0, 0.05) is 5.75 Å². The first-order valence-corrected chi connectivity index (χ1v) is 9.86. The minimum absolute atomic E-state index is 0.278. The standard InChI is InChI=1S/C13H9Cl2N5OS3/c1-6-10(24-20-17-6)11(21)16-12-18-19-13(23-12)22-5-7-2-3-8(14)9(15)4-7/h2-4H,5H2,1H3,(H,16,18,21). The van der Waals surface area contributed by atoms with Gasteiger partial charge in [-0.3, -0.25) is 10.1 Å². The van der Waals surface area contributed by atoms with E-state index in [1.54, 1.807) is 13.0 Å². The van der Waals surface area contributed by atoms with E-state index in [-0.39, 0.29) is 5.91 Å². The number of nitrogens with one attached hydrogen (secondary N) is 1. The third-order valence-corrected chi connectivity index (χ3v) is 6.44. The zero-order chi connectivity index (χ0) is 17.1. The summed E-state index contributed by atoms with van der Waals surface area (Å²) in [5, 5.41) is 16.0. The van der Waals surface area contributed by atoms with Gasteiger partial charge < -0.3 is 0 Å². The third-order valence-electron chi connectivity index (χ3n) is 2.83. The van der Waals surface area contributed by atoms with Crippen LogP contribution in [0.2, 0.25) is 10.0 Å². The number of rotatable bonds is 5. The minimum atomic E-state index is -0.278. The predicted molar refractivity (Wildman–Crippen MR) is 98.5 cm³/mol. The van der Waals surface area contributed by atoms with E-state index in [9.17, 15) is 4.79 Å². The molecule has 2 heterocycles. The number of aromatic nitrogens is 4. The molecule has 0 aliphatic heterocycles. The number of carbonyl (C=O) groups is 1. The van der Waals surface area contributed by atoms with Crippen molar-refractivity contribution in [3.63, 3.8) is 0 Å². The monoisotopic (exact) mass is 417 g/mol. The average molecular weight is 418 g/mol. The molecule has 124 valence electrons. The lowest BCUT2D eigenvalue weighted by molar-refractivity contribution is 0.102. The van der Waals surface area contributed by atoms with Crippen LogP contribution in [0.5, 0.6) is 0 Å². The smallest absolute Gasteiger partial charge is 0.271 e. The molecule has 2 aromatic heterocycles. The Hall–Kier alpha value is -1.26. The Bertz CT molecular complexity index is 882. The Morgan fingerprint density at radius 3 is 2.79 bits per heavy atom.